The number of rotatable bonds is 7. The van der Waals surface area contributed by atoms with Crippen LogP contribution in [0.5, 0.6) is 0 Å². The minimum Gasteiger partial charge on any atom is -0.345 e. The van der Waals surface area contributed by atoms with E-state index < -0.39 is 39.0 Å². The number of H-pyrrole nitrogens is 1. The molecule has 0 amide bonds. The van der Waals surface area contributed by atoms with E-state index in [-0.39, 0.29) is 27.5 Å². The number of hydrogen-bond acceptors (Lipinski definition) is 4. The molecule has 0 bridgehead atoms. The van der Waals surface area contributed by atoms with Crippen molar-refractivity contribution >= 4 is 38.4 Å². The van der Waals surface area contributed by atoms with Crippen molar-refractivity contribution in [2.45, 2.75) is 24.3 Å². The van der Waals surface area contributed by atoms with E-state index >= 15 is 4.39 Å². The maximum Gasteiger partial charge on any atom is 0.241 e. The summed E-state index contributed by atoms with van der Waals surface area (Å²) in [6.45, 7) is 1.65. The highest BCUT2D eigenvalue weighted by atomic mass is 35.5. The van der Waals surface area contributed by atoms with Crippen LogP contribution in [0.25, 0.3) is 11.0 Å². The number of benzene rings is 2. The molecule has 0 saturated carbocycles. The number of aromatic amines is 1. The fourth-order valence-electron chi connectivity index (χ4n) is 3.57. The molecule has 0 aliphatic heterocycles. The molecule has 0 fully saturated rings. The normalized spacial score (nSPS) is 12.7. The highest BCUT2D eigenvalue weighted by Crippen LogP contribution is 2.30. The standard InChI is InChI=1S/C23H18ClF2N3O3S/c1-2-19(29-33(31,32)14-6-4-3-5-7-14)15-8-9-18(25)20(21(15)26)22(30)17-12-28-23-16(17)10-13(24)11-27-23/h3-12,19,29H,2H2,1H3,(H,27,28). The molecule has 4 aromatic rings. The van der Waals surface area contributed by atoms with E-state index in [1.165, 1.54) is 30.6 Å². The van der Waals surface area contributed by atoms with Crippen LogP contribution in [0.1, 0.15) is 40.9 Å². The second-order valence-electron chi connectivity index (χ2n) is 7.30. The van der Waals surface area contributed by atoms with Crippen LogP contribution in [0.2, 0.25) is 5.02 Å². The average Bonchev–Trinajstić information content (AvgIpc) is 3.21. The quantitative estimate of drug-likeness (QED) is 0.351. The third-order valence-electron chi connectivity index (χ3n) is 5.22. The number of carbonyl (C=O) groups excluding carboxylic acids is 1. The topological polar surface area (TPSA) is 91.9 Å². The van der Waals surface area contributed by atoms with Crippen LogP contribution in [-0.2, 0) is 10.0 Å². The number of nitrogens with zero attached hydrogens (tertiary/aromatic N) is 1. The zero-order valence-corrected chi connectivity index (χ0v) is 18.8. The minimum atomic E-state index is -3.98. The van der Waals surface area contributed by atoms with Gasteiger partial charge in [0, 0.05) is 34.9 Å². The third-order valence-corrected chi connectivity index (χ3v) is 6.92. The van der Waals surface area contributed by atoms with Gasteiger partial charge in [-0.2, -0.15) is 0 Å². The first-order valence-corrected chi connectivity index (χ1v) is 11.8. The SMILES string of the molecule is CCC(NS(=O)(=O)c1ccccc1)c1ccc(F)c(C(=O)c2c[nH]c3ncc(Cl)cc23)c1F. The number of carbonyl (C=O) groups is 1. The lowest BCUT2D eigenvalue weighted by atomic mass is 9.96. The maximum atomic E-state index is 15.5. The zero-order valence-electron chi connectivity index (χ0n) is 17.3. The highest BCUT2D eigenvalue weighted by Gasteiger charge is 2.28. The van der Waals surface area contributed by atoms with Crippen LogP contribution >= 0.6 is 11.6 Å². The fraction of sp³-hybridized carbons (Fsp3) is 0.130. The van der Waals surface area contributed by atoms with Crippen LogP contribution in [0.4, 0.5) is 8.78 Å². The van der Waals surface area contributed by atoms with Gasteiger partial charge in [0.1, 0.15) is 17.3 Å². The molecule has 0 spiro atoms. The summed E-state index contributed by atoms with van der Waals surface area (Å²) in [5.74, 6) is -3.11. The van der Waals surface area contributed by atoms with Crippen LogP contribution in [0, 0.1) is 11.6 Å². The number of ketones is 1. The highest BCUT2D eigenvalue weighted by molar-refractivity contribution is 7.89. The summed E-state index contributed by atoms with van der Waals surface area (Å²) in [7, 11) is -3.98. The summed E-state index contributed by atoms with van der Waals surface area (Å²) < 4.78 is 58.1. The van der Waals surface area contributed by atoms with Gasteiger partial charge in [0.05, 0.1) is 15.5 Å². The predicted octanol–water partition coefficient (Wildman–Crippen LogP) is 5.16. The van der Waals surface area contributed by atoms with Crippen molar-refractivity contribution in [1.29, 1.82) is 0 Å². The van der Waals surface area contributed by atoms with Crippen molar-refractivity contribution in [1.82, 2.24) is 14.7 Å². The maximum absolute atomic E-state index is 15.5. The molecular weight excluding hydrogens is 472 g/mol. The number of nitrogens with one attached hydrogen (secondary N) is 2. The monoisotopic (exact) mass is 489 g/mol. The largest absolute Gasteiger partial charge is 0.345 e. The van der Waals surface area contributed by atoms with E-state index in [2.05, 4.69) is 14.7 Å². The third kappa shape index (κ3) is 4.39. The van der Waals surface area contributed by atoms with Crippen molar-refractivity contribution in [3.8, 4) is 0 Å². The van der Waals surface area contributed by atoms with Crippen molar-refractivity contribution in [2.75, 3.05) is 0 Å². The smallest absolute Gasteiger partial charge is 0.241 e. The van der Waals surface area contributed by atoms with Gasteiger partial charge in [0.15, 0.2) is 0 Å². The Morgan fingerprint density at radius 2 is 1.91 bits per heavy atom. The molecule has 0 aliphatic rings. The Kier molecular flexibility index (Phi) is 6.29. The van der Waals surface area contributed by atoms with Crippen molar-refractivity contribution in [3.05, 3.63) is 94.3 Å². The number of aromatic nitrogens is 2. The van der Waals surface area contributed by atoms with Crippen molar-refractivity contribution in [3.63, 3.8) is 0 Å². The van der Waals surface area contributed by atoms with Crippen LogP contribution in [0.3, 0.4) is 0 Å². The van der Waals surface area contributed by atoms with Gasteiger partial charge in [-0.1, -0.05) is 42.8 Å². The molecule has 1 atom stereocenters. The molecular formula is C23H18ClF2N3O3S. The van der Waals surface area contributed by atoms with Crippen LogP contribution in [-0.4, -0.2) is 24.2 Å². The van der Waals surface area contributed by atoms with Crippen molar-refractivity contribution < 1.29 is 22.0 Å². The van der Waals surface area contributed by atoms with Gasteiger partial charge in [-0.15, -0.1) is 0 Å². The Labute approximate surface area is 193 Å². The van der Waals surface area contributed by atoms with E-state index in [1.54, 1.807) is 25.1 Å². The zero-order chi connectivity index (χ0) is 23.8. The van der Waals surface area contributed by atoms with Gasteiger partial charge >= 0.3 is 0 Å². The summed E-state index contributed by atoms with van der Waals surface area (Å²) in [5.41, 5.74) is -0.599. The number of hydrogen-bond donors (Lipinski definition) is 2. The van der Waals surface area contributed by atoms with Gasteiger partial charge in [-0.3, -0.25) is 4.79 Å². The Hall–Kier alpha value is -3.14. The molecule has 0 radical (unpaired) electrons. The number of sulfonamides is 1. The van der Waals surface area contributed by atoms with Gasteiger partial charge in [0.25, 0.3) is 0 Å². The van der Waals surface area contributed by atoms with Crippen LogP contribution < -0.4 is 4.72 Å². The molecule has 2 N–H and O–H groups in total. The molecule has 10 heteroatoms. The Morgan fingerprint density at radius 3 is 2.61 bits per heavy atom. The molecule has 2 aromatic carbocycles. The fourth-order valence-corrected chi connectivity index (χ4v) is 5.05. The molecule has 2 aromatic heterocycles. The van der Waals surface area contributed by atoms with E-state index in [4.69, 9.17) is 11.6 Å². The number of pyridine rings is 1. The second kappa shape index (κ2) is 9.01. The molecule has 1 unspecified atom stereocenters. The van der Waals surface area contributed by atoms with Gasteiger partial charge in [-0.05, 0) is 30.7 Å². The lowest BCUT2D eigenvalue weighted by molar-refractivity contribution is 0.103. The predicted molar refractivity (Wildman–Crippen MR) is 121 cm³/mol. The molecule has 0 aliphatic carbocycles. The summed E-state index contributed by atoms with van der Waals surface area (Å²) in [4.78, 5) is 20.0. The Bertz CT molecular complexity index is 1460. The molecule has 2 heterocycles. The molecule has 6 nitrogen and oxygen atoms in total. The molecule has 33 heavy (non-hydrogen) atoms. The summed E-state index contributed by atoms with van der Waals surface area (Å²) in [5, 5.41) is 0.570. The van der Waals surface area contributed by atoms with E-state index in [0.717, 1.165) is 12.1 Å². The van der Waals surface area contributed by atoms with Gasteiger partial charge in [0.2, 0.25) is 15.8 Å². The number of fused-ring (bicyclic) bond motifs is 1. The van der Waals surface area contributed by atoms with Crippen LogP contribution in [0.15, 0.2) is 65.8 Å². The van der Waals surface area contributed by atoms with E-state index in [1.807, 2.05) is 0 Å². The molecule has 170 valence electrons. The first kappa shape index (κ1) is 23.0. The summed E-state index contributed by atoms with van der Waals surface area (Å²) in [6, 6.07) is 10.1. The first-order chi connectivity index (χ1) is 15.7. The summed E-state index contributed by atoms with van der Waals surface area (Å²) in [6.07, 6.45) is 2.84. The van der Waals surface area contributed by atoms with Gasteiger partial charge < -0.3 is 4.98 Å². The number of halogens is 3. The summed E-state index contributed by atoms with van der Waals surface area (Å²) >= 11 is 5.96. The lowest BCUT2D eigenvalue weighted by Gasteiger charge is -2.19. The molecule has 0 saturated heterocycles. The van der Waals surface area contributed by atoms with E-state index in [9.17, 15) is 17.6 Å². The first-order valence-electron chi connectivity index (χ1n) is 9.95. The van der Waals surface area contributed by atoms with Gasteiger partial charge in [-0.25, -0.2) is 26.9 Å². The lowest BCUT2D eigenvalue weighted by Crippen LogP contribution is -2.29. The minimum absolute atomic E-state index is 0.00504. The Morgan fingerprint density at radius 1 is 1.18 bits per heavy atom. The average molecular weight is 490 g/mol. The Balaban J connectivity index is 1.76. The van der Waals surface area contributed by atoms with E-state index in [0.29, 0.717) is 11.0 Å². The van der Waals surface area contributed by atoms with Crippen molar-refractivity contribution in [2.24, 2.45) is 0 Å². The molecule has 4 rings (SSSR count). The second-order valence-corrected chi connectivity index (χ2v) is 9.45.